The number of hydrogen-bond donors (Lipinski definition) is 1. The minimum Gasteiger partial charge on any atom is -0.383 e. The Morgan fingerprint density at radius 1 is 1.33 bits per heavy atom. The summed E-state index contributed by atoms with van der Waals surface area (Å²) in [6.07, 6.45) is 5.01. The molecule has 0 aromatic carbocycles. The molecule has 90 valence electrons. The van der Waals surface area contributed by atoms with Crippen molar-refractivity contribution in [3.05, 3.63) is 40.1 Å². The third-order valence-corrected chi connectivity index (χ3v) is 3.33. The standard InChI is InChI=1S/C11H9IN6/c12-9-8-10(13)15-6-16-11(8)18(17-9)5-7-2-1-3-14-4-7/h1-4,6H,5H2,(H2,13,15,16). The summed E-state index contributed by atoms with van der Waals surface area (Å²) in [5.74, 6) is 0.460. The van der Waals surface area contributed by atoms with E-state index in [2.05, 4.69) is 42.6 Å². The summed E-state index contributed by atoms with van der Waals surface area (Å²) in [4.78, 5) is 12.3. The molecular weight excluding hydrogens is 343 g/mol. The fourth-order valence-corrected chi connectivity index (χ4v) is 2.54. The van der Waals surface area contributed by atoms with E-state index < -0.39 is 0 Å². The molecule has 3 aromatic rings. The number of hydrogen-bond acceptors (Lipinski definition) is 5. The van der Waals surface area contributed by atoms with Crippen LogP contribution in [0.1, 0.15) is 5.56 Å². The van der Waals surface area contributed by atoms with Crippen LogP contribution in [0.25, 0.3) is 11.0 Å². The zero-order valence-corrected chi connectivity index (χ0v) is 11.4. The number of pyridine rings is 1. The second-order valence-electron chi connectivity index (χ2n) is 3.77. The van der Waals surface area contributed by atoms with Crippen LogP contribution in [-0.4, -0.2) is 24.7 Å². The first-order valence-electron chi connectivity index (χ1n) is 5.27. The number of nitrogen functional groups attached to an aromatic ring is 1. The lowest BCUT2D eigenvalue weighted by Gasteiger charge is -2.02. The van der Waals surface area contributed by atoms with Crippen molar-refractivity contribution in [1.82, 2.24) is 24.7 Å². The molecule has 6 nitrogen and oxygen atoms in total. The number of halogens is 1. The van der Waals surface area contributed by atoms with Crippen molar-refractivity contribution >= 4 is 39.4 Å². The van der Waals surface area contributed by atoms with Crippen LogP contribution in [0.4, 0.5) is 5.82 Å². The summed E-state index contributed by atoms with van der Waals surface area (Å²) >= 11 is 2.14. The summed E-state index contributed by atoms with van der Waals surface area (Å²) in [6.45, 7) is 0.615. The van der Waals surface area contributed by atoms with Gasteiger partial charge in [0.25, 0.3) is 0 Å². The van der Waals surface area contributed by atoms with Gasteiger partial charge in [-0.15, -0.1) is 0 Å². The van der Waals surface area contributed by atoms with Gasteiger partial charge in [0.2, 0.25) is 0 Å². The molecule has 0 spiro atoms. The van der Waals surface area contributed by atoms with Crippen LogP contribution in [0.15, 0.2) is 30.9 Å². The van der Waals surface area contributed by atoms with Crippen LogP contribution < -0.4 is 5.73 Å². The maximum atomic E-state index is 5.84. The van der Waals surface area contributed by atoms with E-state index in [1.54, 1.807) is 6.20 Å². The van der Waals surface area contributed by atoms with Gasteiger partial charge in [-0.25, -0.2) is 14.6 Å². The molecule has 0 unspecified atom stereocenters. The van der Waals surface area contributed by atoms with E-state index in [1.165, 1.54) is 6.33 Å². The van der Waals surface area contributed by atoms with Gasteiger partial charge in [0.05, 0.1) is 11.9 Å². The summed E-state index contributed by atoms with van der Waals surface area (Å²) in [5.41, 5.74) is 7.65. The van der Waals surface area contributed by atoms with E-state index in [4.69, 9.17) is 5.73 Å². The maximum absolute atomic E-state index is 5.84. The Kier molecular flexibility index (Phi) is 2.82. The first-order valence-corrected chi connectivity index (χ1v) is 6.35. The maximum Gasteiger partial charge on any atom is 0.164 e. The highest BCUT2D eigenvalue weighted by Crippen LogP contribution is 2.22. The monoisotopic (exact) mass is 352 g/mol. The predicted octanol–water partition coefficient (Wildman–Crippen LogP) is 1.46. The van der Waals surface area contributed by atoms with E-state index in [0.29, 0.717) is 12.4 Å². The Morgan fingerprint density at radius 3 is 3.00 bits per heavy atom. The van der Waals surface area contributed by atoms with Crippen molar-refractivity contribution in [1.29, 1.82) is 0 Å². The fraction of sp³-hybridized carbons (Fsp3) is 0.0909. The third kappa shape index (κ3) is 1.90. The molecule has 0 fully saturated rings. The van der Waals surface area contributed by atoms with Gasteiger partial charge in [0.15, 0.2) is 5.65 Å². The first kappa shape index (κ1) is 11.3. The topological polar surface area (TPSA) is 82.5 Å². The second-order valence-corrected chi connectivity index (χ2v) is 4.79. The second kappa shape index (κ2) is 4.48. The van der Waals surface area contributed by atoms with Crippen LogP contribution in [0.3, 0.4) is 0 Å². The van der Waals surface area contributed by atoms with Gasteiger partial charge in [0.1, 0.15) is 15.8 Å². The normalized spacial score (nSPS) is 10.9. The molecule has 18 heavy (non-hydrogen) atoms. The Bertz CT molecular complexity index is 693. The van der Waals surface area contributed by atoms with Gasteiger partial charge in [-0.3, -0.25) is 4.98 Å². The molecule has 0 saturated heterocycles. The van der Waals surface area contributed by atoms with E-state index in [9.17, 15) is 0 Å². The Hall–Kier alpha value is -1.77. The number of nitrogens with two attached hydrogens (primary N) is 1. The molecule has 0 saturated carbocycles. The highest BCUT2D eigenvalue weighted by atomic mass is 127. The van der Waals surface area contributed by atoms with Crippen LogP contribution >= 0.6 is 22.6 Å². The lowest BCUT2D eigenvalue weighted by Crippen LogP contribution is -2.03. The molecule has 3 heterocycles. The molecule has 0 amide bonds. The summed E-state index contributed by atoms with van der Waals surface area (Å²) in [7, 11) is 0. The molecule has 0 radical (unpaired) electrons. The number of fused-ring (bicyclic) bond motifs is 1. The SMILES string of the molecule is Nc1ncnc2c1c(I)nn2Cc1cccnc1. The molecule has 2 N–H and O–H groups in total. The van der Waals surface area contributed by atoms with E-state index in [-0.39, 0.29) is 0 Å². The van der Waals surface area contributed by atoms with E-state index in [0.717, 1.165) is 20.3 Å². The number of nitrogens with zero attached hydrogens (tertiary/aromatic N) is 5. The van der Waals surface area contributed by atoms with Gasteiger partial charge < -0.3 is 5.73 Å². The summed E-state index contributed by atoms with van der Waals surface area (Å²) in [6, 6.07) is 3.90. The zero-order valence-electron chi connectivity index (χ0n) is 9.29. The number of anilines is 1. The lowest BCUT2D eigenvalue weighted by molar-refractivity contribution is 0.695. The molecule has 0 aliphatic rings. The zero-order chi connectivity index (χ0) is 12.5. The molecular formula is C11H9IN6. The van der Waals surface area contributed by atoms with E-state index >= 15 is 0 Å². The number of aromatic nitrogens is 5. The molecule has 0 bridgehead atoms. The summed E-state index contributed by atoms with van der Waals surface area (Å²) in [5, 5.41) is 5.25. The van der Waals surface area contributed by atoms with Crippen LogP contribution in [0, 0.1) is 3.70 Å². The molecule has 0 aliphatic heterocycles. The minimum atomic E-state index is 0.460. The van der Waals surface area contributed by atoms with Crippen LogP contribution in [0.2, 0.25) is 0 Å². The Morgan fingerprint density at radius 2 is 2.22 bits per heavy atom. The van der Waals surface area contributed by atoms with Gasteiger partial charge in [-0.2, -0.15) is 5.10 Å². The quantitative estimate of drug-likeness (QED) is 0.706. The molecule has 7 heteroatoms. The number of rotatable bonds is 2. The van der Waals surface area contributed by atoms with Gasteiger partial charge >= 0.3 is 0 Å². The van der Waals surface area contributed by atoms with E-state index in [1.807, 2.05) is 23.0 Å². The van der Waals surface area contributed by atoms with Gasteiger partial charge in [-0.05, 0) is 34.2 Å². The van der Waals surface area contributed by atoms with Crippen molar-refractivity contribution in [2.45, 2.75) is 6.54 Å². The Balaban J connectivity index is 2.11. The average Bonchev–Trinajstić information content (AvgIpc) is 2.69. The molecule has 3 rings (SSSR count). The molecule has 0 atom stereocenters. The van der Waals surface area contributed by atoms with Crippen molar-refractivity contribution in [2.24, 2.45) is 0 Å². The van der Waals surface area contributed by atoms with Gasteiger partial charge in [0, 0.05) is 12.4 Å². The van der Waals surface area contributed by atoms with Crippen molar-refractivity contribution in [2.75, 3.05) is 5.73 Å². The minimum absolute atomic E-state index is 0.460. The largest absolute Gasteiger partial charge is 0.383 e. The molecule has 0 aliphatic carbocycles. The molecule has 3 aromatic heterocycles. The summed E-state index contributed by atoms with van der Waals surface area (Å²) < 4.78 is 2.62. The lowest BCUT2D eigenvalue weighted by atomic mass is 10.3. The van der Waals surface area contributed by atoms with Crippen molar-refractivity contribution in [3.8, 4) is 0 Å². The Labute approximate surface area is 116 Å². The fourth-order valence-electron chi connectivity index (χ4n) is 1.76. The smallest absolute Gasteiger partial charge is 0.164 e. The van der Waals surface area contributed by atoms with Crippen molar-refractivity contribution in [3.63, 3.8) is 0 Å². The highest BCUT2D eigenvalue weighted by Gasteiger charge is 2.13. The van der Waals surface area contributed by atoms with Crippen molar-refractivity contribution < 1.29 is 0 Å². The van der Waals surface area contributed by atoms with Crippen LogP contribution in [0.5, 0.6) is 0 Å². The van der Waals surface area contributed by atoms with Crippen LogP contribution in [-0.2, 0) is 6.54 Å². The highest BCUT2D eigenvalue weighted by molar-refractivity contribution is 14.1. The predicted molar refractivity (Wildman–Crippen MR) is 75.8 cm³/mol. The first-order chi connectivity index (χ1) is 8.75. The van der Waals surface area contributed by atoms with Gasteiger partial charge in [-0.1, -0.05) is 6.07 Å². The average molecular weight is 352 g/mol. The third-order valence-electron chi connectivity index (χ3n) is 2.57.